The Kier molecular flexibility index (Phi) is 3.50. The van der Waals surface area contributed by atoms with Crippen LogP contribution in [-0.2, 0) is 6.42 Å². The van der Waals surface area contributed by atoms with Crippen molar-refractivity contribution >= 4 is 10.9 Å². The lowest BCUT2D eigenvalue weighted by molar-refractivity contribution is 0.479. The first-order chi connectivity index (χ1) is 8.65. The number of phenolic OH excluding ortho intramolecular Hbond substituents is 1. The molecule has 5 nitrogen and oxygen atoms in total. The number of para-hydroxylation sites is 1. The van der Waals surface area contributed by atoms with Crippen LogP contribution in [0.3, 0.4) is 0 Å². The van der Waals surface area contributed by atoms with E-state index in [2.05, 4.69) is 11.9 Å². The maximum absolute atomic E-state index is 12.0. The van der Waals surface area contributed by atoms with Crippen LogP contribution in [0.1, 0.15) is 32.0 Å². The molecule has 3 N–H and O–H groups in total. The van der Waals surface area contributed by atoms with Crippen LogP contribution in [0.4, 0.5) is 0 Å². The van der Waals surface area contributed by atoms with Gasteiger partial charge in [-0.25, -0.2) is 9.66 Å². The van der Waals surface area contributed by atoms with Gasteiger partial charge in [0.2, 0.25) is 0 Å². The molecule has 5 heteroatoms. The summed E-state index contributed by atoms with van der Waals surface area (Å²) in [6.07, 6.45) is 3.73. The van der Waals surface area contributed by atoms with Gasteiger partial charge >= 0.3 is 0 Å². The lowest BCUT2D eigenvalue weighted by atomic mass is 10.2. The van der Waals surface area contributed by atoms with Crippen molar-refractivity contribution in [3.05, 3.63) is 34.4 Å². The number of unbranched alkanes of at least 4 members (excludes halogenated alkanes) is 2. The molecule has 0 bridgehead atoms. The van der Waals surface area contributed by atoms with E-state index in [0.717, 1.165) is 23.9 Å². The number of nitrogens with two attached hydrogens (primary N) is 1. The summed E-state index contributed by atoms with van der Waals surface area (Å²) in [6, 6.07) is 4.74. The number of aromatic hydroxyl groups is 1. The molecule has 18 heavy (non-hydrogen) atoms. The maximum Gasteiger partial charge on any atom is 0.279 e. The molecule has 0 unspecified atom stereocenters. The van der Waals surface area contributed by atoms with Gasteiger partial charge in [0, 0.05) is 6.42 Å². The smallest absolute Gasteiger partial charge is 0.279 e. The average molecular weight is 247 g/mol. The molecule has 0 atom stereocenters. The van der Waals surface area contributed by atoms with Crippen LogP contribution in [0, 0.1) is 0 Å². The molecule has 0 aliphatic carbocycles. The van der Waals surface area contributed by atoms with Crippen molar-refractivity contribution in [1.29, 1.82) is 0 Å². The normalized spacial score (nSPS) is 10.9. The van der Waals surface area contributed by atoms with Crippen LogP contribution >= 0.6 is 0 Å². The van der Waals surface area contributed by atoms with E-state index < -0.39 is 0 Å². The summed E-state index contributed by atoms with van der Waals surface area (Å²) in [7, 11) is 0. The largest absolute Gasteiger partial charge is 0.506 e. The molecule has 96 valence electrons. The second-order valence-corrected chi connectivity index (χ2v) is 4.33. The van der Waals surface area contributed by atoms with Crippen LogP contribution in [0.2, 0.25) is 0 Å². The lowest BCUT2D eigenvalue weighted by Crippen LogP contribution is -2.31. The fourth-order valence-corrected chi connectivity index (χ4v) is 1.96. The number of aromatic nitrogens is 2. The van der Waals surface area contributed by atoms with E-state index >= 15 is 0 Å². The Hall–Kier alpha value is -2.04. The molecule has 1 aromatic heterocycles. The van der Waals surface area contributed by atoms with Gasteiger partial charge < -0.3 is 10.9 Å². The highest BCUT2D eigenvalue weighted by Crippen LogP contribution is 2.19. The van der Waals surface area contributed by atoms with E-state index in [9.17, 15) is 9.90 Å². The van der Waals surface area contributed by atoms with E-state index in [0.29, 0.717) is 23.1 Å². The molecule has 2 aromatic rings. The number of nitrogen functional groups attached to an aromatic ring is 1. The minimum Gasteiger partial charge on any atom is -0.506 e. The zero-order chi connectivity index (χ0) is 13.1. The van der Waals surface area contributed by atoms with Crippen LogP contribution in [0.25, 0.3) is 10.9 Å². The Morgan fingerprint density at radius 1 is 1.39 bits per heavy atom. The summed E-state index contributed by atoms with van der Waals surface area (Å²) >= 11 is 0. The minimum atomic E-state index is -0.317. The molecule has 0 fully saturated rings. The summed E-state index contributed by atoms with van der Waals surface area (Å²) in [4.78, 5) is 16.3. The topological polar surface area (TPSA) is 81.1 Å². The first kappa shape index (κ1) is 12.4. The fourth-order valence-electron chi connectivity index (χ4n) is 1.96. The second-order valence-electron chi connectivity index (χ2n) is 4.33. The summed E-state index contributed by atoms with van der Waals surface area (Å²) in [6.45, 7) is 2.11. The first-order valence-electron chi connectivity index (χ1n) is 6.14. The standard InChI is InChI=1S/C13H17N3O2/c1-2-3-4-8-11-15-12-9(13(18)16(11)14)6-5-7-10(12)17/h5-7,17H,2-4,8,14H2,1H3. The van der Waals surface area contributed by atoms with Gasteiger partial charge in [-0.2, -0.15) is 0 Å². The van der Waals surface area contributed by atoms with E-state index in [4.69, 9.17) is 5.84 Å². The third-order valence-electron chi connectivity index (χ3n) is 2.99. The number of benzene rings is 1. The number of phenols is 1. The predicted molar refractivity (Wildman–Crippen MR) is 71.0 cm³/mol. The average Bonchev–Trinajstić information content (AvgIpc) is 2.36. The Balaban J connectivity index is 2.52. The molecule has 0 aliphatic rings. The number of hydrogen-bond donors (Lipinski definition) is 2. The van der Waals surface area contributed by atoms with Gasteiger partial charge in [0.1, 0.15) is 17.1 Å². The predicted octanol–water partition coefficient (Wildman–Crippen LogP) is 1.55. The van der Waals surface area contributed by atoms with Gasteiger partial charge in [0.25, 0.3) is 5.56 Å². The zero-order valence-electron chi connectivity index (χ0n) is 10.4. The van der Waals surface area contributed by atoms with Gasteiger partial charge in [-0.15, -0.1) is 0 Å². The first-order valence-corrected chi connectivity index (χ1v) is 6.14. The molecule has 0 saturated heterocycles. The Bertz CT molecular complexity index is 619. The monoisotopic (exact) mass is 247 g/mol. The minimum absolute atomic E-state index is 0.0157. The molecular weight excluding hydrogens is 230 g/mol. The van der Waals surface area contributed by atoms with Gasteiger partial charge in [-0.05, 0) is 18.6 Å². The molecule has 0 aliphatic heterocycles. The third-order valence-corrected chi connectivity index (χ3v) is 2.99. The summed E-state index contributed by atoms with van der Waals surface area (Å²) in [5.41, 5.74) is 0.0121. The SMILES string of the molecule is CCCCCc1nc2c(O)cccc2c(=O)n1N. The van der Waals surface area contributed by atoms with E-state index in [-0.39, 0.29) is 11.3 Å². The summed E-state index contributed by atoms with van der Waals surface area (Å²) in [5.74, 6) is 6.27. The highest BCUT2D eigenvalue weighted by atomic mass is 16.3. The Morgan fingerprint density at radius 2 is 2.17 bits per heavy atom. The van der Waals surface area contributed by atoms with Crippen molar-refractivity contribution in [2.75, 3.05) is 5.84 Å². The molecule has 0 saturated carbocycles. The van der Waals surface area contributed by atoms with Crippen LogP contribution in [-0.4, -0.2) is 14.8 Å². The van der Waals surface area contributed by atoms with Gasteiger partial charge in [0.05, 0.1) is 5.39 Å². The highest BCUT2D eigenvalue weighted by molar-refractivity contribution is 5.83. The molecule has 1 aromatic carbocycles. The molecule has 2 rings (SSSR count). The summed E-state index contributed by atoms with van der Waals surface area (Å²) in [5, 5.41) is 10.1. The van der Waals surface area contributed by atoms with Gasteiger partial charge in [-0.3, -0.25) is 4.79 Å². The highest BCUT2D eigenvalue weighted by Gasteiger charge is 2.10. The molecule has 0 amide bonds. The molecule has 0 radical (unpaired) electrons. The number of rotatable bonds is 4. The van der Waals surface area contributed by atoms with Crippen molar-refractivity contribution < 1.29 is 5.11 Å². The third kappa shape index (κ3) is 2.16. The van der Waals surface area contributed by atoms with Gasteiger partial charge in [0.15, 0.2) is 0 Å². The van der Waals surface area contributed by atoms with Crippen molar-refractivity contribution in [2.45, 2.75) is 32.6 Å². The van der Waals surface area contributed by atoms with Crippen molar-refractivity contribution in [3.8, 4) is 5.75 Å². The number of fused-ring (bicyclic) bond motifs is 1. The van der Waals surface area contributed by atoms with Crippen LogP contribution < -0.4 is 11.4 Å². The number of nitrogens with zero attached hydrogens (tertiary/aromatic N) is 2. The Morgan fingerprint density at radius 3 is 2.89 bits per heavy atom. The van der Waals surface area contributed by atoms with E-state index in [1.165, 1.54) is 6.07 Å². The van der Waals surface area contributed by atoms with Crippen molar-refractivity contribution in [2.24, 2.45) is 0 Å². The van der Waals surface area contributed by atoms with Gasteiger partial charge in [-0.1, -0.05) is 25.8 Å². The fraction of sp³-hybridized carbons (Fsp3) is 0.385. The molecular formula is C13H17N3O2. The summed E-state index contributed by atoms with van der Waals surface area (Å²) < 4.78 is 1.08. The van der Waals surface area contributed by atoms with Crippen LogP contribution in [0.15, 0.2) is 23.0 Å². The quantitative estimate of drug-likeness (QED) is 0.634. The Labute approximate surface area is 105 Å². The van der Waals surface area contributed by atoms with Crippen LogP contribution in [0.5, 0.6) is 5.75 Å². The molecule has 1 heterocycles. The van der Waals surface area contributed by atoms with Crippen molar-refractivity contribution in [1.82, 2.24) is 9.66 Å². The molecule has 0 spiro atoms. The number of aryl methyl sites for hydroxylation is 1. The van der Waals surface area contributed by atoms with E-state index in [1.54, 1.807) is 12.1 Å². The zero-order valence-corrected chi connectivity index (χ0v) is 10.4. The van der Waals surface area contributed by atoms with E-state index in [1.807, 2.05) is 0 Å². The lowest BCUT2D eigenvalue weighted by Gasteiger charge is -2.09. The van der Waals surface area contributed by atoms with Crippen molar-refractivity contribution in [3.63, 3.8) is 0 Å². The second kappa shape index (κ2) is 5.08. The maximum atomic E-state index is 12.0. The number of hydrogen-bond acceptors (Lipinski definition) is 4.